The fourth-order valence-electron chi connectivity index (χ4n) is 2.23. The first-order valence-electron chi connectivity index (χ1n) is 7.64. The third kappa shape index (κ3) is 5.38. The smallest absolute Gasteiger partial charge is 0.326 e. The van der Waals surface area contributed by atoms with Crippen LogP contribution < -0.4 is 10.6 Å². The Balaban J connectivity index is 1.95. The normalized spacial score (nSPS) is 11.3. The second kappa shape index (κ2) is 7.97. The molecule has 0 fully saturated rings. The number of nitrogens with one attached hydrogen (secondary N) is 2. The molecule has 0 saturated heterocycles. The van der Waals surface area contributed by atoms with Crippen molar-refractivity contribution in [1.82, 2.24) is 5.32 Å². The van der Waals surface area contributed by atoms with Gasteiger partial charge < -0.3 is 10.6 Å². The van der Waals surface area contributed by atoms with E-state index in [0.29, 0.717) is 17.8 Å². The van der Waals surface area contributed by atoms with Crippen molar-refractivity contribution in [3.63, 3.8) is 0 Å². The van der Waals surface area contributed by atoms with Crippen LogP contribution in [0.3, 0.4) is 0 Å². The summed E-state index contributed by atoms with van der Waals surface area (Å²) in [6, 6.07) is 12.1. The van der Waals surface area contributed by atoms with Crippen molar-refractivity contribution < 1.29 is 18.0 Å². The minimum absolute atomic E-state index is 0.0234. The Bertz CT molecular complexity index is 681. The van der Waals surface area contributed by atoms with Crippen LogP contribution in [0.25, 0.3) is 0 Å². The average Bonchev–Trinajstić information content (AvgIpc) is 2.53. The van der Waals surface area contributed by atoms with E-state index in [4.69, 9.17) is 0 Å². The minimum atomic E-state index is -4.37. The third-order valence-corrected chi connectivity index (χ3v) is 3.44. The highest BCUT2D eigenvalue weighted by Gasteiger charge is 2.29. The van der Waals surface area contributed by atoms with Gasteiger partial charge in [-0.1, -0.05) is 31.2 Å². The summed E-state index contributed by atoms with van der Waals surface area (Å²) in [6.07, 6.45) is -4.34. The third-order valence-electron chi connectivity index (χ3n) is 3.44. The number of amides is 1. The molecule has 128 valence electrons. The van der Waals surface area contributed by atoms with E-state index < -0.39 is 11.7 Å². The Morgan fingerprint density at radius 3 is 2.38 bits per heavy atom. The maximum Gasteiger partial charge on any atom is 0.416 e. The molecule has 0 unspecified atom stereocenters. The van der Waals surface area contributed by atoms with Crippen molar-refractivity contribution in [2.75, 3.05) is 11.9 Å². The minimum Gasteiger partial charge on any atom is -0.326 e. The van der Waals surface area contributed by atoms with Crippen LogP contribution in [-0.4, -0.2) is 12.5 Å². The molecule has 2 rings (SSSR count). The van der Waals surface area contributed by atoms with E-state index >= 15 is 0 Å². The fourth-order valence-corrected chi connectivity index (χ4v) is 2.23. The zero-order valence-electron chi connectivity index (χ0n) is 13.3. The molecular formula is C18H19F3N2O. The van der Waals surface area contributed by atoms with E-state index in [0.717, 1.165) is 24.2 Å². The molecule has 0 aliphatic rings. The van der Waals surface area contributed by atoms with Crippen LogP contribution in [0.15, 0.2) is 48.5 Å². The number of hydrogen-bond acceptors (Lipinski definition) is 2. The lowest BCUT2D eigenvalue weighted by atomic mass is 10.1. The maximum absolute atomic E-state index is 12.5. The van der Waals surface area contributed by atoms with Gasteiger partial charge in [-0.05, 0) is 41.9 Å². The van der Waals surface area contributed by atoms with Crippen molar-refractivity contribution in [3.8, 4) is 0 Å². The van der Waals surface area contributed by atoms with E-state index in [1.165, 1.54) is 12.1 Å². The zero-order chi connectivity index (χ0) is 17.6. The van der Waals surface area contributed by atoms with Crippen molar-refractivity contribution >= 4 is 11.6 Å². The van der Waals surface area contributed by atoms with E-state index in [1.54, 1.807) is 6.07 Å². The second-order valence-electron chi connectivity index (χ2n) is 5.40. The maximum atomic E-state index is 12.5. The summed E-state index contributed by atoms with van der Waals surface area (Å²) < 4.78 is 37.5. The molecule has 0 aliphatic heterocycles. The first kappa shape index (κ1) is 18.0. The van der Waals surface area contributed by atoms with Gasteiger partial charge in [-0.3, -0.25) is 4.79 Å². The largest absolute Gasteiger partial charge is 0.416 e. The molecule has 0 atom stereocenters. The van der Waals surface area contributed by atoms with Gasteiger partial charge in [0.2, 0.25) is 5.91 Å². The first-order valence-corrected chi connectivity index (χ1v) is 7.64. The fraction of sp³-hybridized carbons (Fsp3) is 0.278. The quantitative estimate of drug-likeness (QED) is 0.837. The van der Waals surface area contributed by atoms with Gasteiger partial charge in [-0.25, -0.2) is 0 Å². The second-order valence-corrected chi connectivity index (χ2v) is 5.40. The number of carbonyl (C=O) groups is 1. The summed E-state index contributed by atoms with van der Waals surface area (Å²) in [7, 11) is 0. The average molecular weight is 336 g/mol. The van der Waals surface area contributed by atoms with Gasteiger partial charge in [-0.15, -0.1) is 0 Å². The number of alkyl halides is 3. The van der Waals surface area contributed by atoms with Crippen molar-refractivity contribution in [2.45, 2.75) is 26.1 Å². The van der Waals surface area contributed by atoms with Crippen LogP contribution in [-0.2, 0) is 23.9 Å². The van der Waals surface area contributed by atoms with Gasteiger partial charge >= 0.3 is 6.18 Å². The Morgan fingerprint density at radius 1 is 1.04 bits per heavy atom. The van der Waals surface area contributed by atoms with Crippen LogP contribution in [0.4, 0.5) is 18.9 Å². The highest BCUT2D eigenvalue weighted by molar-refractivity contribution is 5.92. The molecule has 2 N–H and O–H groups in total. The Kier molecular flexibility index (Phi) is 5.98. The van der Waals surface area contributed by atoms with E-state index in [-0.39, 0.29) is 12.3 Å². The monoisotopic (exact) mass is 336 g/mol. The number of anilines is 1. The summed E-state index contributed by atoms with van der Waals surface area (Å²) in [5, 5.41) is 5.96. The molecule has 0 aromatic heterocycles. The first-order chi connectivity index (χ1) is 11.4. The summed E-state index contributed by atoms with van der Waals surface area (Å²) in [6.45, 7) is 3.57. The molecular weight excluding hydrogens is 317 g/mol. The highest BCUT2D eigenvalue weighted by atomic mass is 19.4. The van der Waals surface area contributed by atoms with Gasteiger partial charge in [0, 0.05) is 12.2 Å². The summed E-state index contributed by atoms with van der Waals surface area (Å²) in [5.74, 6) is -0.268. The van der Waals surface area contributed by atoms with Crippen LogP contribution in [0, 0.1) is 0 Å². The van der Waals surface area contributed by atoms with Crippen LogP contribution in [0.1, 0.15) is 23.6 Å². The zero-order valence-corrected chi connectivity index (χ0v) is 13.3. The van der Waals surface area contributed by atoms with Crippen LogP contribution in [0.5, 0.6) is 0 Å². The van der Waals surface area contributed by atoms with E-state index in [2.05, 4.69) is 10.6 Å². The molecule has 0 saturated carbocycles. The lowest BCUT2D eigenvalue weighted by Crippen LogP contribution is -2.15. The number of carbonyl (C=O) groups excluding carboxylic acids is 1. The number of hydrogen-bond donors (Lipinski definition) is 2. The predicted molar refractivity (Wildman–Crippen MR) is 87.6 cm³/mol. The Hall–Kier alpha value is -2.34. The van der Waals surface area contributed by atoms with E-state index in [9.17, 15) is 18.0 Å². The predicted octanol–water partition coefficient (Wildman–Crippen LogP) is 4.00. The molecule has 6 heteroatoms. The lowest BCUT2D eigenvalue weighted by molar-refractivity contribution is -0.137. The molecule has 0 aliphatic carbocycles. The van der Waals surface area contributed by atoms with Gasteiger partial charge in [-0.2, -0.15) is 13.2 Å². The van der Waals surface area contributed by atoms with E-state index in [1.807, 2.05) is 25.1 Å². The molecule has 3 nitrogen and oxygen atoms in total. The molecule has 0 heterocycles. The molecule has 0 spiro atoms. The van der Waals surface area contributed by atoms with Crippen LogP contribution in [0.2, 0.25) is 0 Å². The van der Waals surface area contributed by atoms with Gasteiger partial charge in [0.15, 0.2) is 0 Å². The van der Waals surface area contributed by atoms with Crippen molar-refractivity contribution in [3.05, 3.63) is 65.2 Å². The Morgan fingerprint density at radius 2 is 1.75 bits per heavy atom. The standard InChI is InChI=1S/C18H19F3N2O/c1-2-22-12-14-4-3-5-16(10-14)23-17(24)11-13-6-8-15(9-7-13)18(19,20)21/h3-10,22H,2,11-12H2,1H3,(H,23,24). The van der Waals surface area contributed by atoms with Gasteiger partial charge in [0.05, 0.1) is 12.0 Å². The number of halogens is 3. The molecule has 0 bridgehead atoms. The molecule has 0 radical (unpaired) electrons. The van der Waals surface area contributed by atoms with Crippen molar-refractivity contribution in [2.24, 2.45) is 0 Å². The van der Waals surface area contributed by atoms with Gasteiger partial charge in [0.25, 0.3) is 0 Å². The number of benzene rings is 2. The molecule has 2 aromatic carbocycles. The molecule has 2 aromatic rings. The molecule has 24 heavy (non-hydrogen) atoms. The summed E-state index contributed by atoms with van der Waals surface area (Å²) in [4.78, 5) is 12.0. The summed E-state index contributed by atoms with van der Waals surface area (Å²) >= 11 is 0. The topological polar surface area (TPSA) is 41.1 Å². The van der Waals surface area contributed by atoms with Gasteiger partial charge in [0.1, 0.15) is 0 Å². The Labute approximate surface area is 138 Å². The van der Waals surface area contributed by atoms with Crippen LogP contribution >= 0.6 is 0 Å². The van der Waals surface area contributed by atoms with Crippen molar-refractivity contribution in [1.29, 1.82) is 0 Å². The number of rotatable bonds is 6. The summed E-state index contributed by atoms with van der Waals surface area (Å²) in [5.41, 5.74) is 1.53. The highest BCUT2D eigenvalue weighted by Crippen LogP contribution is 2.29. The molecule has 1 amide bonds. The SMILES string of the molecule is CCNCc1cccc(NC(=O)Cc2ccc(C(F)(F)F)cc2)c1. The lowest BCUT2D eigenvalue weighted by Gasteiger charge is -2.09.